The number of nitrogens with one attached hydrogen (secondary N) is 2. The molecule has 1 heterocycles. The lowest BCUT2D eigenvalue weighted by molar-refractivity contribution is 0.0952. The van der Waals surface area contributed by atoms with Gasteiger partial charge in [0.25, 0.3) is 11.8 Å². The molecule has 2 N–H and O–H groups in total. The van der Waals surface area contributed by atoms with Gasteiger partial charge in [0.15, 0.2) is 5.76 Å². The van der Waals surface area contributed by atoms with Crippen LogP contribution in [0.15, 0.2) is 40.8 Å². The lowest BCUT2D eigenvalue weighted by atomic mass is 10.1. The van der Waals surface area contributed by atoms with Gasteiger partial charge < -0.3 is 15.1 Å². The molecule has 0 bridgehead atoms. The van der Waals surface area contributed by atoms with Crippen LogP contribution in [0, 0.1) is 0 Å². The second-order valence-electron chi connectivity index (χ2n) is 5.37. The highest BCUT2D eigenvalue weighted by molar-refractivity contribution is 6.08. The summed E-state index contributed by atoms with van der Waals surface area (Å²) in [6.07, 6.45) is 2.77. The SMILES string of the molecule is CCc1ccc(C(=O)Nc2ccccc2C(=O)NC2CC2)o1. The predicted molar refractivity (Wildman–Crippen MR) is 83.0 cm³/mol. The number of para-hydroxylation sites is 1. The Balaban J connectivity index is 1.76. The molecule has 3 rings (SSSR count). The largest absolute Gasteiger partial charge is 0.456 e. The van der Waals surface area contributed by atoms with Crippen LogP contribution in [0.5, 0.6) is 0 Å². The van der Waals surface area contributed by atoms with Crippen molar-refractivity contribution in [3.63, 3.8) is 0 Å². The molecule has 22 heavy (non-hydrogen) atoms. The van der Waals surface area contributed by atoms with Crippen molar-refractivity contribution in [2.45, 2.75) is 32.2 Å². The van der Waals surface area contributed by atoms with E-state index in [1.807, 2.05) is 6.92 Å². The van der Waals surface area contributed by atoms with Crippen LogP contribution in [-0.2, 0) is 6.42 Å². The molecule has 0 radical (unpaired) electrons. The molecule has 5 nitrogen and oxygen atoms in total. The van der Waals surface area contributed by atoms with E-state index >= 15 is 0 Å². The fraction of sp³-hybridized carbons (Fsp3) is 0.294. The first-order chi connectivity index (χ1) is 10.7. The summed E-state index contributed by atoms with van der Waals surface area (Å²) < 4.78 is 5.43. The third-order valence-corrected chi connectivity index (χ3v) is 3.57. The van der Waals surface area contributed by atoms with Gasteiger partial charge in [-0.15, -0.1) is 0 Å². The van der Waals surface area contributed by atoms with Crippen molar-refractivity contribution in [2.75, 3.05) is 5.32 Å². The van der Waals surface area contributed by atoms with E-state index in [1.54, 1.807) is 36.4 Å². The average Bonchev–Trinajstić information content (AvgIpc) is 3.20. The maximum Gasteiger partial charge on any atom is 0.291 e. The van der Waals surface area contributed by atoms with E-state index in [9.17, 15) is 9.59 Å². The van der Waals surface area contributed by atoms with Gasteiger partial charge in [0.05, 0.1) is 11.3 Å². The van der Waals surface area contributed by atoms with Crippen LogP contribution >= 0.6 is 0 Å². The lowest BCUT2D eigenvalue weighted by Gasteiger charge is -2.10. The second kappa shape index (κ2) is 6.05. The van der Waals surface area contributed by atoms with Crippen LogP contribution in [0.3, 0.4) is 0 Å². The maximum absolute atomic E-state index is 12.2. The van der Waals surface area contributed by atoms with Crippen LogP contribution in [-0.4, -0.2) is 17.9 Å². The van der Waals surface area contributed by atoms with Crippen molar-refractivity contribution in [3.8, 4) is 0 Å². The maximum atomic E-state index is 12.2. The number of carbonyl (C=O) groups excluding carboxylic acids is 2. The predicted octanol–water partition coefficient (Wildman–Crippen LogP) is 2.99. The third-order valence-electron chi connectivity index (χ3n) is 3.57. The number of rotatable bonds is 5. The minimum Gasteiger partial charge on any atom is -0.456 e. The summed E-state index contributed by atoms with van der Waals surface area (Å²) in [6, 6.07) is 10.7. The summed E-state index contributed by atoms with van der Waals surface area (Å²) in [6.45, 7) is 1.96. The molecule has 0 unspecified atom stereocenters. The number of anilines is 1. The normalized spacial score (nSPS) is 13.7. The van der Waals surface area contributed by atoms with Gasteiger partial charge in [-0.2, -0.15) is 0 Å². The Morgan fingerprint density at radius 1 is 1.14 bits per heavy atom. The molecule has 1 aromatic carbocycles. The first-order valence-electron chi connectivity index (χ1n) is 7.47. The van der Waals surface area contributed by atoms with E-state index < -0.39 is 0 Å². The zero-order valence-electron chi connectivity index (χ0n) is 12.4. The third kappa shape index (κ3) is 3.19. The van der Waals surface area contributed by atoms with Gasteiger partial charge in [0, 0.05) is 12.5 Å². The first kappa shape index (κ1) is 14.4. The molecule has 0 saturated heterocycles. The Morgan fingerprint density at radius 3 is 2.59 bits per heavy atom. The smallest absolute Gasteiger partial charge is 0.291 e. The summed E-state index contributed by atoms with van der Waals surface area (Å²) in [5.74, 6) is 0.484. The van der Waals surface area contributed by atoms with Crippen molar-refractivity contribution in [2.24, 2.45) is 0 Å². The molecule has 0 aliphatic heterocycles. The second-order valence-corrected chi connectivity index (χ2v) is 5.37. The molecule has 0 spiro atoms. The highest BCUT2D eigenvalue weighted by atomic mass is 16.3. The average molecular weight is 298 g/mol. The number of aryl methyl sites for hydroxylation is 1. The molecule has 1 aliphatic carbocycles. The topological polar surface area (TPSA) is 71.3 Å². The van der Waals surface area contributed by atoms with Crippen molar-refractivity contribution in [1.29, 1.82) is 0 Å². The molecule has 0 atom stereocenters. The van der Waals surface area contributed by atoms with Crippen molar-refractivity contribution < 1.29 is 14.0 Å². The van der Waals surface area contributed by atoms with Crippen LogP contribution in [0.1, 0.15) is 46.4 Å². The monoisotopic (exact) mass is 298 g/mol. The summed E-state index contributed by atoms with van der Waals surface area (Å²) in [5.41, 5.74) is 0.949. The zero-order chi connectivity index (χ0) is 15.5. The molecule has 5 heteroatoms. The highest BCUT2D eigenvalue weighted by Crippen LogP contribution is 2.22. The summed E-state index contributed by atoms with van der Waals surface area (Å²) in [4.78, 5) is 24.4. The molecule has 1 saturated carbocycles. The van der Waals surface area contributed by atoms with E-state index in [1.165, 1.54) is 0 Å². The highest BCUT2D eigenvalue weighted by Gasteiger charge is 2.25. The van der Waals surface area contributed by atoms with Crippen LogP contribution in [0.25, 0.3) is 0 Å². The van der Waals surface area contributed by atoms with Gasteiger partial charge >= 0.3 is 0 Å². The minimum atomic E-state index is -0.355. The van der Waals surface area contributed by atoms with E-state index in [0.717, 1.165) is 25.0 Å². The number of carbonyl (C=O) groups is 2. The standard InChI is InChI=1S/C17H18N2O3/c1-2-12-9-10-15(22-12)17(21)19-14-6-4-3-5-13(14)16(20)18-11-7-8-11/h3-6,9-11H,2,7-8H2,1H3,(H,18,20)(H,19,21). The Morgan fingerprint density at radius 2 is 1.91 bits per heavy atom. The van der Waals surface area contributed by atoms with E-state index in [0.29, 0.717) is 11.3 Å². The van der Waals surface area contributed by atoms with Gasteiger partial charge in [-0.05, 0) is 37.1 Å². The van der Waals surface area contributed by atoms with Crippen LogP contribution in [0.4, 0.5) is 5.69 Å². The Hall–Kier alpha value is -2.56. The number of furan rings is 1. The minimum absolute atomic E-state index is 0.160. The van der Waals surface area contributed by atoms with Crippen molar-refractivity contribution in [3.05, 3.63) is 53.5 Å². The lowest BCUT2D eigenvalue weighted by Crippen LogP contribution is -2.26. The number of hydrogen-bond acceptors (Lipinski definition) is 3. The molecular weight excluding hydrogens is 280 g/mol. The summed E-state index contributed by atoms with van der Waals surface area (Å²) in [5, 5.41) is 5.67. The fourth-order valence-corrected chi connectivity index (χ4v) is 2.15. The number of benzene rings is 1. The Labute approximate surface area is 128 Å². The van der Waals surface area contributed by atoms with Crippen molar-refractivity contribution >= 4 is 17.5 Å². The Bertz CT molecular complexity index is 701. The van der Waals surface area contributed by atoms with E-state index in [4.69, 9.17) is 4.42 Å². The van der Waals surface area contributed by atoms with Gasteiger partial charge in [-0.25, -0.2) is 0 Å². The fourth-order valence-electron chi connectivity index (χ4n) is 2.15. The number of hydrogen-bond donors (Lipinski definition) is 2. The molecule has 1 aromatic heterocycles. The zero-order valence-corrected chi connectivity index (χ0v) is 12.4. The molecule has 1 fully saturated rings. The van der Waals surface area contributed by atoms with Gasteiger partial charge in [-0.3, -0.25) is 9.59 Å². The quantitative estimate of drug-likeness (QED) is 0.891. The van der Waals surface area contributed by atoms with E-state index in [2.05, 4.69) is 10.6 Å². The van der Waals surface area contributed by atoms with Crippen LogP contribution in [0.2, 0.25) is 0 Å². The summed E-state index contributed by atoms with van der Waals surface area (Å²) in [7, 11) is 0. The first-order valence-corrected chi connectivity index (χ1v) is 7.47. The van der Waals surface area contributed by atoms with E-state index in [-0.39, 0.29) is 23.6 Å². The molecule has 114 valence electrons. The molecule has 2 amide bonds. The molecule has 1 aliphatic rings. The van der Waals surface area contributed by atoms with Gasteiger partial charge in [0.2, 0.25) is 0 Å². The van der Waals surface area contributed by atoms with Crippen LogP contribution < -0.4 is 10.6 Å². The van der Waals surface area contributed by atoms with Gasteiger partial charge in [0.1, 0.15) is 5.76 Å². The molecular formula is C17H18N2O3. The van der Waals surface area contributed by atoms with Gasteiger partial charge in [-0.1, -0.05) is 19.1 Å². The van der Waals surface area contributed by atoms with Crippen molar-refractivity contribution in [1.82, 2.24) is 5.32 Å². The summed E-state index contributed by atoms with van der Waals surface area (Å²) >= 11 is 0. The number of amides is 2. The Kier molecular flexibility index (Phi) is 3.96. The molecule has 2 aromatic rings.